The summed E-state index contributed by atoms with van der Waals surface area (Å²) in [6.45, 7) is 3.19. The molecule has 120 valence electrons. The van der Waals surface area contributed by atoms with Crippen LogP contribution in [0.2, 0.25) is 0 Å². The third kappa shape index (κ3) is 3.47. The van der Waals surface area contributed by atoms with Crippen molar-refractivity contribution in [3.05, 3.63) is 40.7 Å². The SMILES string of the molecule is CCC=C(C(=O)OCC)C(=O)c1cc(F)c(F)c(OC)c1F. The fraction of sp³-hybridized carbons (Fsp3) is 0.333. The largest absolute Gasteiger partial charge is 0.491 e. The number of hydrogen-bond donors (Lipinski definition) is 0. The van der Waals surface area contributed by atoms with E-state index in [2.05, 4.69) is 4.74 Å². The molecule has 0 atom stereocenters. The number of carbonyl (C=O) groups is 2. The van der Waals surface area contributed by atoms with Gasteiger partial charge in [-0.25, -0.2) is 13.6 Å². The van der Waals surface area contributed by atoms with E-state index in [9.17, 15) is 22.8 Å². The molecular weight excluding hydrogens is 301 g/mol. The lowest BCUT2D eigenvalue weighted by Crippen LogP contribution is -2.18. The van der Waals surface area contributed by atoms with E-state index < -0.39 is 46.1 Å². The quantitative estimate of drug-likeness (QED) is 0.202. The number of ketones is 1. The Kier molecular flexibility index (Phi) is 6.15. The maximum atomic E-state index is 14.1. The summed E-state index contributed by atoms with van der Waals surface area (Å²) >= 11 is 0. The first-order chi connectivity index (χ1) is 10.4. The van der Waals surface area contributed by atoms with Crippen molar-refractivity contribution in [2.75, 3.05) is 13.7 Å². The van der Waals surface area contributed by atoms with Crippen molar-refractivity contribution >= 4 is 11.8 Å². The Bertz CT molecular complexity index is 624. The molecule has 1 aromatic carbocycles. The fourth-order valence-electron chi connectivity index (χ4n) is 1.75. The van der Waals surface area contributed by atoms with E-state index in [0.29, 0.717) is 12.5 Å². The molecule has 0 aliphatic heterocycles. The van der Waals surface area contributed by atoms with Gasteiger partial charge in [-0.15, -0.1) is 0 Å². The second kappa shape index (κ2) is 7.63. The molecule has 0 saturated carbocycles. The van der Waals surface area contributed by atoms with E-state index in [0.717, 1.165) is 7.11 Å². The summed E-state index contributed by atoms with van der Waals surface area (Å²) in [5, 5.41) is 0. The van der Waals surface area contributed by atoms with Crippen LogP contribution in [-0.4, -0.2) is 25.5 Å². The van der Waals surface area contributed by atoms with Crippen LogP contribution in [0.25, 0.3) is 0 Å². The van der Waals surface area contributed by atoms with E-state index >= 15 is 0 Å². The van der Waals surface area contributed by atoms with Crippen molar-refractivity contribution in [2.45, 2.75) is 20.3 Å². The molecule has 7 heteroatoms. The number of carbonyl (C=O) groups excluding carboxylic acids is 2. The predicted molar refractivity (Wildman–Crippen MR) is 72.2 cm³/mol. The van der Waals surface area contributed by atoms with Gasteiger partial charge in [-0.3, -0.25) is 4.79 Å². The summed E-state index contributed by atoms with van der Waals surface area (Å²) in [4.78, 5) is 24.0. The van der Waals surface area contributed by atoms with Gasteiger partial charge < -0.3 is 9.47 Å². The predicted octanol–water partition coefficient (Wildman–Crippen LogP) is 3.19. The average molecular weight is 316 g/mol. The lowest BCUT2D eigenvalue weighted by Gasteiger charge is -2.10. The van der Waals surface area contributed by atoms with Gasteiger partial charge in [0.2, 0.25) is 11.6 Å². The van der Waals surface area contributed by atoms with Crippen LogP contribution in [0.1, 0.15) is 30.6 Å². The summed E-state index contributed by atoms with van der Waals surface area (Å²) < 4.78 is 50.0. The molecule has 0 saturated heterocycles. The molecule has 4 nitrogen and oxygen atoms in total. The fourth-order valence-corrected chi connectivity index (χ4v) is 1.75. The van der Waals surface area contributed by atoms with Gasteiger partial charge in [0.05, 0.1) is 19.3 Å². The minimum absolute atomic E-state index is 0.0107. The maximum absolute atomic E-state index is 14.1. The second-order valence-corrected chi connectivity index (χ2v) is 4.14. The van der Waals surface area contributed by atoms with Gasteiger partial charge in [0.1, 0.15) is 5.57 Å². The van der Waals surface area contributed by atoms with Gasteiger partial charge in [-0.05, 0) is 19.4 Å². The Hall–Kier alpha value is -2.31. The first-order valence-corrected chi connectivity index (χ1v) is 6.52. The summed E-state index contributed by atoms with van der Waals surface area (Å²) in [6.07, 6.45) is 1.52. The van der Waals surface area contributed by atoms with E-state index in [-0.39, 0.29) is 6.61 Å². The molecule has 1 rings (SSSR count). The van der Waals surface area contributed by atoms with E-state index in [4.69, 9.17) is 4.74 Å². The molecule has 0 fully saturated rings. The van der Waals surface area contributed by atoms with Gasteiger partial charge in [0.15, 0.2) is 17.4 Å². The maximum Gasteiger partial charge on any atom is 0.341 e. The van der Waals surface area contributed by atoms with E-state index in [1.165, 1.54) is 13.0 Å². The number of rotatable bonds is 6. The Morgan fingerprint density at radius 2 is 1.82 bits per heavy atom. The molecule has 0 amide bonds. The van der Waals surface area contributed by atoms with Crippen molar-refractivity contribution < 1.29 is 32.2 Å². The number of esters is 1. The number of methoxy groups -OCH3 is 1. The van der Waals surface area contributed by atoms with Gasteiger partial charge in [-0.1, -0.05) is 13.0 Å². The highest BCUT2D eigenvalue weighted by Gasteiger charge is 2.28. The number of Topliss-reactive ketones (excluding diaryl/α,β-unsaturated/α-hetero) is 1. The van der Waals surface area contributed by atoms with Gasteiger partial charge in [0, 0.05) is 0 Å². The zero-order valence-corrected chi connectivity index (χ0v) is 12.3. The van der Waals surface area contributed by atoms with Crippen LogP contribution in [0, 0.1) is 17.5 Å². The molecule has 0 aliphatic carbocycles. The minimum Gasteiger partial charge on any atom is -0.491 e. The Morgan fingerprint density at radius 1 is 1.18 bits per heavy atom. The average Bonchev–Trinajstić information content (AvgIpc) is 2.48. The standard InChI is InChI=1S/C15H15F3O4/c1-4-6-8(15(20)22-5-2)13(19)9-7-10(16)12(18)14(21-3)11(9)17/h6-7H,4-5H2,1-3H3. The van der Waals surface area contributed by atoms with Gasteiger partial charge in [0.25, 0.3) is 0 Å². The molecular formula is C15H15F3O4. The van der Waals surface area contributed by atoms with E-state index in [1.54, 1.807) is 6.92 Å². The summed E-state index contributed by atoms with van der Waals surface area (Å²) in [6, 6.07) is 0.387. The number of benzene rings is 1. The Labute approximate surface area is 125 Å². The van der Waals surface area contributed by atoms with Crippen LogP contribution < -0.4 is 4.74 Å². The highest BCUT2D eigenvalue weighted by atomic mass is 19.2. The number of ether oxygens (including phenoxy) is 2. The molecule has 22 heavy (non-hydrogen) atoms. The van der Waals surface area contributed by atoms with Crippen molar-refractivity contribution in [3.8, 4) is 5.75 Å². The Morgan fingerprint density at radius 3 is 2.32 bits per heavy atom. The first-order valence-electron chi connectivity index (χ1n) is 6.52. The molecule has 0 N–H and O–H groups in total. The summed E-state index contributed by atoms with van der Waals surface area (Å²) in [5.41, 5.74) is -1.25. The summed E-state index contributed by atoms with van der Waals surface area (Å²) in [7, 11) is 0.934. The highest BCUT2D eigenvalue weighted by molar-refractivity contribution is 6.24. The van der Waals surface area contributed by atoms with Crippen LogP contribution in [0.3, 0.4) is 0 Å². The molecule has 0 heterocycles. The van der Waals surface area contributed by atoms with Crippen molar-refractivity contribution in [2.24, 2.45) is 0 Å². The van der Waals surface area contributed by atoms with E-state index in [1.807, 2.05) is 0 Å². The molecule has 0 radical (unpaired) electrons. The minimum atomic E-state index is -1.55. The van der Waals surface area contributed by atoms with Crippen LogP contribution in [0.4, 0.5) is 13.2 Å². The molecule has 0 bridgehead atoms. The number of allylic oxidation sites excluding steroid dienone is 1. The topological polar surface area (TPSA) is 52.6 Å². The van der Waals surface area contributed by atoms with Crippen LogP contribution in [-0.2, 0) is 9.53 Å². The third-order valence-corrected chi connectivity index (χ3v) is 2.71. The molecule has 0 unspecified atom stereocenters. The van der Waals surface area contributed by atoms with Gasteiger partial charge >= 0.3 is 5.97 Å². The van der Waals surface area contributed by atoms with Crippen molar-refractivity contribution in [3.63, 3.8) is 0 Å². The molecule has 0 spiro atoms. The number of halogens is 3. The van der Waals surface area contributed by atoms with Crippen LogP contribution in [0.15, 0.2) is 17.7 Å². The van der Waals surface area contributed by atoms with Crippen LogP contribution >= 0.6 is 0 Å². The monoisotopic (exact) mass is 316 g/mol. The zero-order chi connectivity index (χ0) is 16.9. The molecule has 0 aliphatic rings. The number of hydrogen-bond acceptors (Lipinski definition) is 4. The Balaban J connectivity index is 3.40. The summed E-state index contributed by atoms with van der Waals surface area (Å²) in [5.74, 6) is -7.47. The lowest BCUT2D eigenvalue weighted by molar-refractivity contribution is -0.138. The third-order valence-electron chi connectivity index (χ3n) is 2.71. The van der Waals surface area contributed by atoms with Crippen molar-refractivity contribution in [1.29, 1.82) is 0 Å². The van der Waals surface area contributed by atoms with Crippen molar-refractivity contribution in [1.82, 2.24) is 0 Å². The lowest BCUT2D eigenvalue weighted by atomic mass is 10.0. The molecule has 0 aromatic heterocycles. The smallest absolute Gasteiger partial charge is 0.341 e. The second-order valence-electron chi connectivity index (χ2n) is 4.14. The molecule has 1 aromatic rings. The van der Waals surface area contributed by atoms with Gasteiger partial charge in [-0.2, -0.15) is 4.39 Å². The zero-order valence-electron chi connectivity index (χ0n) is 12.3. The normalized spacial score (nSPS) is 11.3. The highest BCUT2D eigenvalue weighted by Crippen LogP contribution is 2.28. The first kappa shape index (κ1) is 17.7. The van der Waals surface area contributed by atoms with Crippen LogP contribution in [0.5, 0.6) is 5.75 Å².